The van der Waals surface area contributed by atoms with E-state index in [1.807, 2.05) is 36.9 Å². The molecule has 0 bridgehead atoms. The minimum Gasteiger partial charge on any atom is -0.331 e. The number of rotatable bonds is 7. The average Bonchev–Trinajstić information content (AvgIpc) is 2.60. The summed E-state index contributed by atoms with van der Waals surface area (Å²) in [5.74, 6) is 1.89. The summed E-state index contributed by atoms with van der Waals surface area (Å²) in [6, 6.07) is 5.94. The summed E-state index contributed by atoms with van der Waals surface area (Å²) in [7, 11) is 0. The van der Waals surface area contributed by atoms with E-state index in [4.69, 9.17) is 5.73 Å². The molecule has 2 atom stereocenters. The lowest BCUT2D eigenvalue weighted by Gasteiger charge is -2.49. The van der Waals surface area contributed by atoms with Gasteiger partial charge in [-0.15, -0.1) is 24.8 Å². The number of carbonyl (C=O) groups is 1. The Morgan fingerprint density at radius 1 is 1.41 bits per heavy atom. The first-order valence-corrected chi connectivity index (χ1v) is 11.0. The van der Waals surface area contributed by atoms with E-state index < -0.39 is 5.66 Å². The quantitative estimate of drug-likeness (QED) is 0.551. The van der Waals surface area contributed by atoms with Crippen molar-refractivity contribution in [2.75, 3.05) is 30.9 Å². The Kier molecular flexibility index (Phi) is 12.4. The third-order valence-corrected chi connectivity index (χ3v) is 6.16. The maximum atomic E-state index is 13.3. The number of piperazine rings is 1. The van der Waals surface area contributed by atoms with Crippen LogP contribution in [0.15, 0.2) is 18.2 Å². The van der Waals surface area contributed by atoms with Gasteiger partial charge in [-0.3, -0.25) is 10.1 Å². The molecule has 0 saturated carbocycles. The van der Waals surface area contributed by atoms with Crippen molar-refractivity contribution in [2.45, 2.75) is 44.8 Å². The number of carbonyl (C=O) groups excluding carboxylic acids is 1. The van der Waals surface area contributed by atoms with E-state index >= 15 is 0 Å². The molecule has 0 aromatic heterocycles. The number of thioether (sulfide) groups is 1. The standard InChI is InChI=1S/C19H31N3OS2.2ClH/c1-14-6-4-7-16(15(14)2)18(23)22-11-10-21-19(20,9-13-25-3)17(22)8-5-12-24;;/h4,6-7,17,21,24H,5,8-13,20H2,1-3H3;2*1H/t17?,19-;;/m0../s1. The van der Waals surface area contributed by atoms with Crippen LogP contribution < -0.4 is 11.1 Å². The van der Waals surface area contributed by atoms with E-state index in [-0.39, 0.29) is 36.8 Å². The van der Waals surface area contributed by atoms with Crippen LogP contribution in [0.25, 0.3) is 0 Å². The van der Waals surface area contributed by atoms with Gasteiger partial charge < -0.3 is 10.6 Å². The average molecular weight is 455 g/mol. The van der Waals surface area contributed by atoms with E-state index in [1.165, 1.54) is 0 Å². The molecule has 1 unspecified atom stereocenters. The fourth-order valence-corrected chi connectivity index (χ4v) is 4.29. The third-order valence-electron chi connectivity index (χ3n) is 5.23. The summed E-state index contributed by atoms with van der Waals surface area (Å²) < 4.78 is 0. The largest absolute Gasteiger partial charge is 0.331 e. The van der Waals surface area contributed by atoms with Crippen LogP contribution in [0.1, 0.15) is 40.7 Å². The Morgan fingerprint density at radius 2 is 2.11 bits per heavy atom. The van der Waals surface area contributed by atoms with Gasteiger partial charge in [-0.1, -0.05) is 12.1 Å². The molecule has 1 aliphatic heterocycles. The van der Waals surface area contributed by atoms with Crippen LogP contribution >= 0.6 is 49.2 Å². The van der Waals surface area contributed by atoms with Crippen LogP contribution in [0, 0.1) is 13.8 Å². The number of nitrogens with zero attached hydrogens (tertiary/aromatic N) is 1. The maximum absolute atomic E-state index is 13.3. The minimum atomic E-state index is -0.530. The van der Waals surface area contributed by atoms with Gasteiger partial charge in [-0.2, -0.15) is 24.4 Å². The second-order valence-corrected chi connectivity index (χ2v) is 8.27. The molecule has 2 rings (SSSR count). The van der Waals surface area contributed by atoms with Crippen LogP contribution in [0.4, 0.5) is 0 Å². The van der Waals surface area contributed by atoms with Crippen molar-refractivity contribution in [3.63, 3.8) is 0 Å². The molecular formula is C19H33Cl2N3OS2. The van der Waals surface area contributed by atoms with Crippen LogP contribution in [-0.4, -0.2) is 53.4 Å². The molecule has 8 heteroatoms. The van der Waals surface area contributed by atoms with Gasteiger partial charge >= 0.3 is 0 Å². The smallest absolute Gasteiger partial charge is 0.254 e. The summed E-state index contributed by atoms with van der Waals surface area (Å²) >= 11 is 6.15. The van der Waals surface area contributed by atoms with Gasteiger partial charge in [0.05, 0.1) is 11.7 Å². The Labute approximate surface area is 186 Å². The van der Waals surface area contributed by atoms with Gasteiger partial charge in [0.25, 0.3) is 5.91 Å². The van der Waals surface area contributed by atoms with Gasteiger partial charge in [0.2, 0.25) is 0 Å². The molecule has 4 nitrogen and oxygen atoms in total. The van der Waals surface area contributed by atoms with E-state index in [1.54, 1.807) is 11.8 Å². The summed E-state index contributed by atoms with van der Waals surface area (Å²) in [5.41, 5.74) is 9.24. The molecule has 1 fully saturated rings. The Balaban J connectivity index is 0.00000338. The molecular weight excluding hydrogens is 421 g/mol. The predicted molar refractivity (Wildman–Crippen MR) is 126 cm³/mol. The number of amides is 1. The second kappa shape index (κ2) is 12.5. The molecule has 0 aliphatic carbocycles. The molecule has 0 radical (unpaired) electrons. The second-order valence-electron chi connectivity index (χ2n) is 6.84. The lowest BCUT2D eigenvalue weighted by atomic mass is 9.89. The monoisotopic (exact) mass is 453 g/mol. The molecule has 3 N–H and O–H groups in total. The van der Waals surface area contributed by atoms with Crippen LogP contribution in [0.2, 0.25) is 0 Å². The molecule has 0 spiro atoms. The summed E-state index contributed by atoms with van der Waals surface area (Å²) in [4.78, 5) is 15.3. The Morgan fingerprint density at radius 3 is 2.74 bits per heavy atom. The zero-order valence-electron chi connectivity index (χ0n) is 16.4. The number of hydrogen-bond acceptors (Lipinski definition) is 5. The lowest BCUT2D eigenvalue weighted by molar-refractivity contribution is 0.0337. The first-order chi connectivity index (χ1) is 11.9. The number of benzene rings is 1. The highest BCUT2D eigenvalue weighted by atomic mass is 35.5. The zero-order chi connectivity index (χ0) is 18.4. The fourth-order valence-electron chi connectivity index (χ4n) is 3.57. The SMILES string of the molecule is CSCC[C@]1(N)NCCN(C(=O)c2cccc(C)c2C)C1CCCS.Cl.Cl. The highest BCUT2D eigenvalue weighted by Gasteiger charge is 2.43. The number of thiol groups is 1. The summed E-state index contributed by atoms with van der Waals surface area (Å²) in [6.07, 6.45) is 4.76. The van der Waals surface area contributed by atoms with Crippen LogP contribution in [0.5, 0.6) is 0 Å². The highest BCUT2D eigenvalue weighted by molar-refractivity contribution is 7.98. The van der Waals surface area contributed by atoms with Crippen molar-refractivity contribution in [2.24, 2.45) is 5.73 Å². The van der Waals surface area contributed by atoms with Crippen molar-refractivity contribution in [1.82, 2.24) is 10.2 Å². The van der Waals surface area contributed by atoms with E-state index in [9.17, 15) is 4.79 Å². The number of aryl methyl sites for hydroxylation is 1. The van der Waals surface area contributed by atoms with Crippen molar-refractivity contribution < 1.29 is 4.79 Å². The Hall–Kier alpha value is -0.110. The molecule has 1 amide bonds. The number of hydrogen-bond donors (Lipinski definition) is 3. The Bertz CT molecular complexity index is 606. The third kappa shape index (κ3) is 6.44. The van der Waals surface area contributed by atoms with Crippen molar-refractivity contribution in [1.29, 1.82) is 0 Å². The zero-order valence-corrected chi connectivity index (χ0v) is 19.7. The molecule has 1 heterocycles. The van der Waals surface area contributed by atoms with E-state index in [0.717, 1.165) is 54.0 Å². The molecule has 1 saturated heterocycles. The van der Waals surface area contributed by atoms with Gasteiger partial charge in [-0.25, -0.2) is 0 Å². The van der Waals surface area contributed by atoms with Gasteiger partial charge in [-0.05, 0) is 68.1 Å². The first-order valence-electron chi connectivity index (χ1n) is 8.95. The maximum Gasteiger partial charge on any atom is 0.254 e. The van der Waals surface area contributed by atoms with E-state index in [0.29, 0.717) is 6.54 Å². The van der Waals surface area contributed by atoms with Crippen molar-refractivity contribution in [3.8, 4) is 0 Å². The number of nitrogens with two attached hydrogens (primary N) is 1. The predicted octanol–water partition coefficient (Wildman–Crippen LogP) is 3.68. The first kappa shape index (κ1) is 26.9. The molecule has 27 heavy (non-hydrogen) atoms. The van der Waals surface area contributed by atoms with Gasteiger partial charge in [0, 0.05) is 18.7 Å². The summed E-state index contributed by atoms with van der Waals surface area (Å²) in [6.45, 7) is 5.51. The molecule has 156 valence electrons. The van der Waals surface area contributed by atoms with Gasteiger partial charge in [0.15, 0.2) is 0 Å². The topological polar surface area (TPSA) is 58.4 Å². The van der Waals surface area contributed by atoms with Crippen LogP contribution in [0.3, 0.4) is 0 Å². The number of nitrogens with one attached hydrogen (secondary N) is 1. The summed E-state index contributed by atoms with van der Waals surface area (Å²) in [5, 5.41) is 3.50. The van der Waals surface area contributed by atoms with Gasteiger partial charge in [0.1, 0.15) is 0 Å². The van der Waals surface area contributed by atoms with Crippen LogP contribution in [-0.2, 0) is 0 Å². The number of halogens is 2. The minimum absolute atomic E-state index is 0. The normalized spacial score (nSPS) is 22.0. The van der Waals surface area contributed by atoms with Crippen molar-refractivity contribution >= 4 is 55.1 Å². The van der Waals surface area contributed by atoms with Crippen molar-refractivity contribution in [3.05, 3.63) is 34.9 Å². The molecule has 1 aromatic carbocycles. The highest BCUT2D eigenvalue weighted by Crippen LogP contribution is 2.27. The molecule has 1 aromatic rings. The fraction of sp³-hybridized carbons (Fsp3) is 0.632. The lowest BCUT2D eigenvalue weighted by Crippen LogP contribution is -2.72. The molecule has 1 aliphatic rings. The van der Waals surface area contributed by atoms with E-state index in [2.05, 4.69) is 24.2 Å².